The van der Waals surface area contributed by atoms with Gasteiger partial charge in [-0.3, -0.25) is 9.36 Å². The van der Waals surface area contributed by atoms with Crippen molar-refractivity contribution in [2.24, 2.45) is 0 Å². The molecule has 6 nitrogen and oxygen atoms in total. The van der Waals surface area contributed by atoms with Gasteiger partial charge in [-0.1, -0.05) is 42.1 Å². The lowest BCUT2D eigenvalue weighted by molar-refractivity contribution is -0.118. The zero-order chi connectivity index (χ0) is 20.8. The van der Waals surface area contributed by atoms with Gasteiger partial charge in [-0.25, -0.2) is 9.67 Å². The van der Waals surface area contributed by atoms with Crippen LogP contribution in [0.1, 0.15) is 11.1 Å². The van der Waals surface area contributed by atoms with Crippen molar-refractivity contribution in [1.82, 2.24) is 24.6 Å². The van der Waals surface area contributed by atoms with Crippen molar-refractivity contribution in [2.75, 3.05) is 12.3 Å². The fourth-order valence-corrected chi connectivity index (χ4v) is 3.97. The van der Waals surface area contributed by atoms with Crippen LogP contribution in [0.2, 0.25) is 0 Å². The lowest BCUT2D eigenvalue weighted by atomic mass is 10.1. The molecule has 0 aliphatic carbocycles. The Kier molecular flexibility index (Phi) is 6.29. The van der Waals surface area contributed by atoms with Gasteiger partial charge in [-0.05, 0) is 48.7 Å². The second kappa shape index (κ2) is 9.45. The first-order valence-electron chi connectivity index (χ1n) is 9.78. The van der Waals surface area contributed by atoms with Crippen LogP contribution in [-0.4, -0.2) is 37.5 Å². The molecule has 0 aliphatic rings. The molecule has 4 aromatic rings. The predicted molar refractivity (Wildman–Crippen MR) is 119 cm³/mol. The molecule has 0 aliphatic heterocycles. The van der Waals surface area contributed by atoms with Crippen molar-refractivity contribution in [3.63, 3.8) is 0 Å². The molecule has 0 fully saturated rings. The van der Waals surface area contributed by atoms with Gasteiger partial charge in [0, 0.05) is 31.3 Å². The topological polar surface area (TPSA) is 64.7 Å². The van der Waals surface area contributed by atoms with Crippen molar-refractivity contribution < 1.29 is 4.79 Å². The fraction of sp³-hybridized carbons (Fsp3) is 0.174. The molecular weight excluding hydrogens is 394 g/mol. The van der Waals surface area contributed by atoms with Crippen LogP contribution in [0.5, 0.6) is 0 Å². The highest BCUT2D eigenvalue weighted by Crippen LogP contribution is 2.22. The third kappa shape index (κ3) is 4.80. The summed E-state index contributed by atoms with van der Waals surface area (Å²) in [6, 6.07) is 18.2. The Morgan fingerprint density at radius 2 is 1.87 bits per heavy atom. The van der Waals surface area contributed by atoms with Gasteiger partial charge < -0.3 is 5.32 Å². The summed E-state index contributed by atoms with van der Waals surface area (Å²) >= 11 is 1.44. The van der Waals surface area contributed by atoms with E-state index in [0.717, 1.165) is 23.0 Å². The quantitative estimate of drug-likeness (QED) is 0.443. The van der Waals surface area contributed by atoms with Gasteiger partial charge in [0.15, 0.2) is 5.16 Å². The number of amides is 1. The molecule has 2 aromatic heterocycles. The Labute approximate surface area is 180 Å². The summed E-state index contributed by atoms with van der Waals surface area (Å²) in [5.74, 6) is 0.341. The lowest BCUT2D eigenvalue weighted by Gasteiger charge is -2.10. The molecule has 0 bridgehead atoms. The summed E-state index contributed by atoms with van der Waals surface area (Å²) in [5.41, 5.74) is 4.44. The van der Waals surface area contributed by atoms with E-state index in [0.29, 0.717) is 12.3 Å². The first-order valence-corrected chi connectivity index (χ1v) is 10.8. The highest BCUT2D eigenvalue weighted by Gasteiger charge is 2.10. The number of nitrogens with one attached hydrogen (secondary N) is 1. The number of aryl methyl sites for hydroxylation is 1. The molecule has 1 amide bonds. The number of aromatic nitrogens is 4. The largest absolute Gasteiger partial charge is 0.355 e. The maximum atomic E-state index is 12.3. The molecule has 0 saturated carbocycles. The summed E-state index contributed by atoms with van der Waals surface area (Å²) < 4.78 is 3.85. The number of para-hydroxylation sites is 1. The van der Waals surface area contributed by atoms with E-state index in [4.69, 9.17) is 0 Å². The van der Waals surface area contributed by atoms with Crippen LogP contribution >= 0.6 is 11.8 Å². The van der Waals surface area contributed by atoms with E-state index in [2.05, 4.69) is 46.6 Å². The van der Waals surface area contributed by atoms with E-state index in [9.17, 15) is 4.79 Å². The molecule has 0 unspecified atom stereocenters. The number of nitrogens with zero attached hydrogens (tertiary/aromatic N) is 4. The maximum Gasteiger partial charge on any atom is 0.230 e. The zero-order valence-corrected chi connectivity index (χ0v) is 17.5. The number of imidazole rings is 1. The first kappa shape index (κ1) is 20.0. The minimum Gasteiger partial charge on any atom is -0.355 e. The molecule has 0 saturated heterocycles. The molecule has 0 spiro atoms. The number of hydrogen-bond donors (Lipinski definition) is 1. The minimum absolute atomic E-state index is 0.00694. The van der Waals surface area contributed by atoms with Gasteiger partial charge in [0.25, 0.3) is 0 Å². The molecule has 7 heteroatoms. The van der Waals surface area contributed by atoms with Crippen LogP contribution in [0.15, 0.2) is 84.5 Å². The Morgan fingerprint density at radius 3 is 2.63 bits per heavy atom. The monoisotopic (exact) mass is 417 g/mol. The smallest absolute Gasteiger partial charge is 0.230 e. The highest BCUT2D eigenvalue weighted by molar-refractivity contribution is 7.99. The van der Waals surface area contributed by atoms with E-state index < -0.39 is 0 Å². The molecule has 2 aromatic carbocycles. The van der Waals surface area contributed by atoms with E-state index >= 15 is 0 Å². The number of carbonyl (C=O) groups is 1. The molecule has 1 N–H and O–H groups in total. The van der Waals surface area contributed by atoms with Crippen LogP contribution < -0.4 is 5.32 Å². The molecule has 30 heavy (non-hydrogen) atoms. The van der Waals surface area contributed by atoms with Gasteiger partial charge in [-0.15, -0.1) is 0 Å². The van der Waals surface area contributed by atoms with E-state index in [1.165, 1.54) is 22.9 Å². The summed E-state index contributed by atoms with van der Waals surface area (Å²) in [6.45, 7) is 2.67. The molecule has 2 heterocycles. The Balaban J connectivity index is 1.25. The van der Waals surface area contributed by atoms with Crippen molar-refractivity contribution >= 4 is 17.7 Å². The molecule has 4 rings (SSSR count). The van der Waals surface area contributed by atoms with E-state index in [-0.39, 0.29) is 5.91 Å². The van der Waals surface area contributed by atoms with Crippen molar-refractivity contribution in [2.45, 2.75) is 18.5 Å². The van der Waals surface area contributed by atoms with Crippen LogP contribution in [0.25, 0.3) is 11.4 Å². The van der Waals surface area contributed by atoms with Crippen molar-refractivity contribution in [3.05, 3.63) is 90.5 Å². The standard InChI is InChI=1S/C23H23N5OS/c1-18-5-2-3-6-21(18)27-16-14-25-23(27)30-17-22(29)24-13-11-19-7-9-20(10-8-19)28-15-4-12-26-28/h2-10,12,14-16H,11,13,17H2,1H3,(H,24,29). The number of rotatable bonds is 8. The van der Waals surface area contributed by atoms with Crippen LogP contribution in [0, 0.1) is 6.92 Å². The fourth-order valence-electron chi connectivity index (χ4n) is 3.18. The zero-order valence-electron chi connectivity index (χ0n) is 16.7. The second-order valence-corrected chi connectivity index (χ2v) is 7.81. The van der Waals surface area contributed by atoms with Crippen LogP contribution in [-0.2, 0) is 11.2 Å². The summed E-state index contributed by atoms with van der Waals surface area (Å²) in [4.78, 5) is 16.7. The average Bonchev–Trinajstić information content (AvgIpc) is 3.45. The molecule has 0 atom stereocenters. The van der Waals surface area contributed by atoms with Crippen molar-refractivity contribution in [3.8, 4) is 11.4 Å². The SMILES string of the molecule is Cc1ccccc1-n1ccnc1SCC(=O)NCCc1ccc(-n2cccn2)cc1. The second-order valence-electron chi connectivity index (χ2n) is 6.87. The number of thioether (sulfide) groups is 1. The lowest BCUT2D eigenvalue weighted by Crippen LogP contribution is -2.27. The van der Waals surface area contributed by atoms with Gasteiger partial charge in [-0.2, -0.15) is 5.10 Å². The Hall–Kier alpha value is -3.32. The van der Waals surface area contributed by atoms with Gasteiger partial charge >= 0.3 is 0 Å². The number of carbonyl (C=O) groups excluding carboxylic acids is 1. The number of benzene rings is 2. The average molecular weight is 418 g/mol. The third-order valence-corrected chi connectivity index (χ3v) is 5.72. The summed E-state index contributed by atoms with van der Waals surface area (Å²) in [6.07, 6.45) is 8.15. The molecular formula is C23H23N5OS. The predicted octanol–water partition coefficient (Wildman–Crippen LogP) is 3.82. The first-order chi connectivity index (χ1) is 14.7. The van der Waals surface area contributed by atoms with Gasteiger partial charge in [0.2, 0.25) is 5.91 Å². The normalized spacial score (nSPS) is 10.8. The Morgan fingerprint density at radius 1 is 1.03 bits per heavy atom. The summed E-state index contributed by atoms with van der Waals surface area (Å²) in [7, 11) is 0. The maximum absolute atomic E-state index is 12.3. The van der Waals surface area contributed by atoms with Crippen LogP contribution in [0.3, 0.4) is 0 Å². The summed E-state index contributed by atoms with van der Waals surface area (Å²) in [5, 5.41) is 8.03. The number of hydrogen-bond acceptors (Lipinski definition) is 4. The van der Waals surface area contributed by atoms with Gasteiger partial charge in [0.1, 0.15) is 0 Å². The van der Waals surface area contributed by atoms with Gasteiger partial charge in [0.05, 0.1) is 17.1 Å². The van der Waals surface area contributed by atoms with E-state index in [1.807, 2.05) is 52.0 Å². The minimum atomic E-state index is 0.00694. The third-order valence-electron chi connectivity index (χ3n) is 4.76. The Bertz CT molecular complexity index is 1100. The highest BCUT2D eigenvalue weighted by atomic mass is 32.2. The van der Waals surface area contributed by atoms with Crippen LogP contribution in [0.4, 0.5) is 0 Å². The van der Waals surface area contributed by atoms with Crippen molar-refractivity contribution in [1.29, 1.82) is 0 Å². The molecule has 0 radical (unpaired) electrons. The van der Waals surface area contributed by atoms with E-state index in [1.54, 1.807) is 12.4 Å². The molecule has 152 valence electrons.